The molecule has 1 radical (unpaired) electrons. The Balaban J connectivity index is 0.000000161. The number of rotatable bonds is 6. The van der Waals surface area contributed by atoms with Gasteiger partial charge in [0.2, 0.25) is 0 Å². The molecule has 4 aromatic heterocycles. The SMILES string of the molecule is CC(C)c1cc(-c2ccccc2)cc(C(C)C)c1-n1c(-c2[c-]cc3c(ccc4ccccc43)c2)nc2ccccc21.[Ir].[c-]1ccc2c(oc3c2ccc2sc4ccccc4c23)c1-c1ccccn1. The fraction of sp³-hybridized carbons (Fsp3) is 0.0968. The molecule has 331 valence electrons. The van der Waals surface area contributed by atoms with Crippen molar-refractivity contribution in [3.05, 3.63) is 211 Å². The maximum Gasteiger partial charge on any atom is 0.130 e. The molecular formula is C62H45IrN3OS-2. The summed E-state index contributed by atoms with van der Waals surface area (Å²) in [5.41, 5.74) is 13.1. The number of aromatic nitrogens is 3. The third kappa shape index (κ3) is 7.41. The molecule has 0 unspecified atom stereocenters. The molecule has 0 bridgehead atoms. The second kappa shape index (κ2) is 17.8. The fourth-order valence-electron chi connectivity index (χ4n) is 9.83. The first-order valence-corrected chi connectivity index (χ1v) is 23.8. The van der Waals surface area contributed by atoms with Gasteiger partial charge in [0, 0.05) is 57.5 Å². The number of benzene rings is 9. The molecule has 4 nitrogen and oxygen atoms in total. The minimum Gasteiger partial charge on any atom is -0.500 e. The molecule has 0 aliphatic rings. The van der Waals surface area contributed by atoms with Gasteiger partial charge < -0.3 is 14.0 Å². The fourth-order valence-corrected chi connectivity index (χ4v) is 10.9. The molecule has 9 aromatic carbocycles. The van der Waals surface area contributed by atoms with Crippen molar-refractivity contribution in [2.24, 2.45) is 0 Å². The number of imidazole rings is 1. The number of thiophene rings is 1. The molecule has 0 saturated carbocycles. The Kier molecular flexibility index (Phi) is 11.3. The van der Waals surface area contributed by atoms with Gasteiger partial charge in [-0.15, -0.1) is 58.7 Å². The standard InChI is InChI=1S/C39H33N2.C23H12NOS.Ir/c1-25(2)34-23-31(27-12-6-5-7-13-27)24-35(26(3)4)38(34)41-37-17-11-10-16-36(37)40-39(41)30-20-21-33-29(22-30)19-18-28-14-8-9-15-32(28)33;1-2-10-19-17(6-1)21-20(26-19)12-11-15-14-7-5-8-16(22(14)25-23(15)21)18-9-3-4-13-24-18;/h5-19,21-26H,1-4H3;1-7,9-13H;/q2*-1;. The van der Waals surface area contributed by atoms with Crippen molar-refractivity contribution in [1.29, 1.82) is 0 Å². The Labute approximate surface area is 412 Å². The van der Waals surface area contributed by atoms with Gasteiger partial charge in [0.15, 0.2) is 0 Å². The summed E-state index contributed by atoms with van der Waals surface area (Å²) in [7, 11) is 0. The van der Waals surface area contributed by atoms with Crippen molar-refractivity contribution >= 4 is 86.0 Å². The first-order valence-electron chi connectivity index (χ1n) is 23.0. The minimum absolute atomic E-state index is 0. The summed E-state index contributed by atoms with van der Waals surface area (Å²) in [6, 6.07) is 71.2. The molecule has 0 fully saturated rings. The molecule has 0 saturated heterocycles. The van der Waals surface area contributed by atoms with Crippen molar-refractivity contribution in [1.82, 2.24) is 14.5 Å². The normalized spacial score (nSPS) is 11.7. The Morgan fingerprint density at radius 2 is 1.26 bits per heavy atom. The van der Waals surface area contributed by atoms with Gasteiger partial charge in [-0.05, 0) is 87.6 Å². The average Bonchev–Trinajstić information content (AvgIpc) is 4.08. The van der Waals surface area contributed by atoms with E-state index in [0.29, 0.717) is 11.8 Å². The van der Waals surface area contributed by atoms with Crippen LogP contribution in [0.2, 0.25) is 0 Å². The quantitative estimate of drug-likeness (QED) is 0.123. The molecule has 13 aromatic rings. The Morgan fingerprint density at radius 1 is 0.559 bits per heavy atom. The maximum atomic E-state index is 6.45. The van der Waals surface area contributed by atoms with Crippen LogP contribution in [0.1, 0.15) is 50.7 Å². The van der Waals surface area contributed by atoms with E-state index in [1.54, 1.807) is 17.5 Å². The molecule has 13 rings (SSSR count). The van der Waals surface area contributed by atoms with Gasteiger partial charge in [-0.25, -0.2) is 0 Å². The molecule has 0 spiro atoms. The van der Waals surface area contributed by atoms with E-state index < -0.39 is 0 Å². The number of furan rings is 1. The molecule has 0 aliphatic carbocycles. The number of hydrogen-bond donors (Lipinski definition) is 0. The zero-order chi connectivity index (χ0) is 45.2. The number of nitrogens with zero attached hydrogens (tertiary/aromatic N) is 3. The van der Waals surface area contributed by atoms with Gasteiger partial charge in [-0.1, -0.05) is 165 Å². The molecule has 68 heavy (non-hydrogen) atoms. The summed E-state index contributed by atoms with van der Waals surface area (Å²) >= 11 is 1.81. The van der Waals surface area contributed by atoms with Gasteiger partial charge in [0.25, 0.3) is 0 Å². The smallest absolute Gasteiger partial charge is 0.130 e. The Bertz CT molecular complexity index is 3970. The van der Waals surface area contributed by atoms with Crippen LogP contribution >= 0.6 is 11.3 Å². The largest absolute Gasteiger partial charge is 0.500 e. The van der Waals surface area contributed by atoms with E-state index in [9.17, 15) is 0 Å². The topological polar surface area (TPSA) is 43.9 Å². The van der Waals surface area contributed by atoms with Gasteiger partial charge >= 0.3 is 0 Å². The van der Waals surface area contributed by atoms with Crippen LogP contribution in [-0.4, -0.2) is 14.5 Å². The van der Waals surface area contributed by atoms with E-state index >= 15 is 0 Å². The number of para-hydroxylation sites is 2. The van der Waals surface area contributed by atoms with Gasteiger partial charge in [-0.3, -0.25) is 4.98 Å². The summed E-state index contributed by atoms with van der Waals surface area (Å²) in [6.07, 6.45) is 1.80. The van der Waals surface area contributed by atoms with Gasteiger partial charge in [0.1, 0.15) is 5.58 Å². The van der Waals surface area contributed by atoms with Crippen molar-refractivity contribution in [2.45, 2.75) is 39.5 Å². The van der Waals surface area contributed by atoms with E-state index in [2.05, 4.69) is 207 Å². The van der Waals surface area contributed by atoms with Crippen LogP contribution in [-0.2, 0) is 20.1 Å². The number of fused-ring (bicyclic) bond motifs is 11. The zero-order valence-electron chi connectivity index (χ0n) is 38.0. The van der Waals surface area contributed by atoms with E-state index in [0.717, 1.165) is 55.6 Å². The third-order valence-electron chi connectivity index (χ3n) is 13.1. The molecule has 0 atom stereocenters. The van der Waals surface area contributed by atoms with Crippen LogP contribution in [0.25, 0.3) is 114 Å². The minimum atomic E-state index is 0. The predicted molar refractivity (Wildman–Crippen MR) is 283 cm³/mol. The second-order valence-corrected chi connectivity index (χ2v) is 19.0. The molecule has 0 aliphatic heterocycles. The van der Waals surface area contributed by atoms with Gasteiger partial charge in [-0.2, -0.15) is 0 Å². The van der Waals surface area contributed by atoms with E-state index in [-0.39, 0.29) is 20.1 Å². The number of hydrogen-bond acceptors (Lipinski definition) is 4. The van der Waals surface area contributed by atoms with E-state index in [1.165, 1.54) is 69.7 Å². The van der Waals surface area contributed by atoms with Crippen LogP contribution in [0.15, 0.2) is 193 Å². The molecular weight excluding hydrogens is 1030 g/mol. The second-order valence-electron chi connectivity index (χ2n) is 17.9. The monoisotopic (exact) mass is 1070 g/mol. The molecule has 0 N–H and O–H groups in total. The molecule has 6 heteroatoms. The summed E-state index contributed by atoms with van der Waals surface area (Å²) in [6.45, 7) is 9.18. The Hall–Kier alpha value is -7.21. The summed E-state index contributed by atoms with van der Waals surface area (Å²) in [5, 5.41) is 9.61. The predicted octanol–water partition coefficient (Wildman–Crippen LogP) is 17.5. The van der Waals surface area contributed by atoms with Crippen LogP contribution in [0.3, 0.4) is 0 Å². The Morgan fingerprint density at radius 3 is 2.06 bits per heavy atom. The molecule has 0 amide bonds. The first-order chi connectivity index (χ1) is 32.9. The van der Waals surface area contributed by atoms with E-state index in [4.69, 9.17) is 9.40 Å². The molecule has 4 heterocycles. The van der Waals surface area contributed by atoms with E-state index in [1.807, 2.05) is 24.3 Å². The summed E-state index contributed by atoms with van der Waals surface area (Å²) < 4.78 is 11.4. The van der Waals surface area contributed by atoms with Gasteiger partial charge in [0.05, 0.1) is 22.4 Å². The van der Waals surface area contributed by atoms with Crippen LogP contribution in [0.4, 0.5) is 0 Å². The summed E-state index contributed by atoms with van der Waals surface area (Å²) in [5.74, 6) is 1.58. The van der Waals surface area contributed by atoms with Crippen molar-refractivity contribution < 1.29 is 24.5 Å². The van der Waals surface area contributed by atoms with Crippen molar-refractivity contribution in [2.75, 3.05) is 0 Å². The number of pyridine rings is 1. The maximum absolute atomic E-state index is 6.45. The average molecular weight is 1070 g/mol. The third-order valence-corrected chi connectivity index (χ3v) is 14.2. The van der Waals surface area contributed by atoms with Crippen LogP contribution in [0.5, 0.6) is 0 Å². The van der Waals surface area contributed by atoms with Crippen LogP contribution in [0, 0.1) is 12.1 Å². The van der Waals surface area contributed by atoms with Crippen LogP contribution < -0.4 is 0 Å². The summed E-state index contributed by atoms with van der Waals surface area (Å²) in [4.78, 5) is 9.72. The van der Waals surface area contributed by atoms with Crippen molar-refractivity contribution in [3.8, 4) is 39.5 Å². The zero-order valence-corrected chi connectivity index (χ0v) is 41.3. The van der Waals surface area contributed by atoms with Crippen molar-refractivity contribution in [3.63, 3.8) is 0 Å². The first kappa shape index (κ1) is 43.4.